The zero-order valence-electron chi connectivity index (χ0n) is 13.0. The second-order valence-corrected chi connectivity index (χ2v) is 7.39. The Labute approximate surface area is 140 Å². The maximum absolute atomic E-state index is 13.1. The Hall–Kier alpha value is -2.22. The van der Waals surface area contributed by atoms with Gasteiger partial charge in [0.2, 0.25) is 15.9 Å². The number of hydrogen-bond acceptors (Lipinski definition) is 4. The number of primary amides is 1. The number of benzene rings is 2. The maximum Gasteiger partial charge on any atom is 0.247 e. The Kier molecular flexibility index (Phi) is 4.66. The number of hydrogen-bond donors (Lipinski definition) is 1. The SMILES string of the molecule is NC(=O)[C@@H]1CN(S(=O)(=O)c2ccccc2-c2ccccc2)CCO1. The lowest BCUT2D eigenvalue weighted by atomic mass is 10.1. The van der Waals surface area contributed by atoms with Crippen molar-refractivity contribution in [3.63, 3.8) is 0 Å². The normalized spacial score (nSPS) is 19.1. The number of nitrogens with two attached hydrogens (primary N) is 1. The Morgan fingerprint density at radius 1 is 1.08 bits per heavy atom. The molecule has 6 nitrogen and oxygen atoms in total. The largest absolute Gasteiger partial charge is 0.367 e. The second-order valence-electron chi connectivity index (χ2n) is 5.49. The highest BCUT2D eigenvalue weighted by atomic mass is 32.2. The van der Waals surface area contributed by atoms with Gasteiger partial charge in [0.15, 0.2) is 0 Å². The Bertz CT molecular complexity index is 837. The molecule has 0 unspecified atom stereocenters. The fourth-order valence-corrected chi connectivity index (χ4v) is 4.34. The quantitative estimate of drug-likeness (QED) is 0.901. The first kappa shape index (κ1) is 16.6. The first-order chi connectivity index (χ1) is 11.5. The van der Waals surface area contributed by atoms with Crippen LogP contribution in [0.15, 0.2) is 59.5 Å². The van der Waals surface area contributed by atoms with E-state index < -0.39 is 22.0 Å². The molecule has 7 heteroatoms. The van der Waals surface area contributed by atoms with Crippen LogP contribution in [0.4, 0.5) is 0 Å². The molecule has 3 rings (SSSR count). The predicted octanol–water partition coefficient (Wildman–Crippen LogP) is 1.23. The number of carbonyl (C=O) groups excluding carboxylic acids is 1. The predicted molar refractivity (Wildman–Crippen MR) is 89.6 cm³/mol. The van der Waals surface area contributed by atoms with E-state index in [2.05, 4.69) is 0 Å². The molecule has 0 spiro atoms. The van der Waals surface area contributed by atoms with Crippen molar-refractivity contribution in [2.24, 2.45) is 5.73 Å². The molecule has 2 aromatic carbocycles. The molecule has 1 saturated heterocycles. The fraction of sp³-hybridized carbons (Fsp3) is 0.235. The van der Waals surface area contributed by atoms with Crippen LogP contribution in [0.2, 0.25) is 0 Å². The van der Waals surface area contributed by atoms with E-state index in [0.29, 0.717) is 5.56 Å². The van der Waals surface area contributed by atoms with Crippen molar-refractivity contribution in [3.05, 3.63) is 54.6 Å². The lowest BCUT2D eigenvalue weighted by Crippen LogP contribution is -2.50. The van der Waals surface area contributed by atoms with Gasteiger partial charge in [-0.25, -0.2) is 8.42 Å². The second kappa shape index (κ2) is 6.72. The minimum Gasteiger partial charge on any atom is -0.367 e. The topological polar surface area (TPSA) is 89.7 Å². The van der Waals surface area contributed by atoms with E-state index in [4.69, 9.17) is 10.5 Å². The molecule has 1 fully saturated rings. The summed E-state index contributed by atoms with van der Waals surface area (Å²) in [6.45, 7) is 0.260. The van der Waals surface area contributed by atoms with E-state index in [0.717, 1.165) is 5.56 Å². The molecule has 1 aliphatic heterocycles. The molecule has 0 aliphatic carbocycles. The van der Waals surface area contributed by atoms with Crippen molar-refractivity contribution >= 4 is 15.9 Å². The molecule has 1 heterocycles. The number of morpholine rings is 1. The van der Waals surface area contributed by atoms with Crippen molar-refractivity contribution in [1.82, 2.24) is 4.31 Å². The third-order valence-electron chi connectivity index (χ3n) is 3.94. The van der Waals surface area contributed by atoms with Crippen LogP contribution in [0.1, 0.15) is 0 Å². The number of nitrogens with zero attached hydrogens (tertiary/aromatic N) is 1. The number of carbonyl (C=O) groups is 1. The zero-order chi connectivity index (χ0) is 17.2. The maximum atomic E-state index is 13.1. The van der Waals surface area contributed by atoms with E-state index in [-0.39, 0.29) is 24.6 Å². The van der Waals surface area contributed by atoms with Gasteiger partial charge >= 0.3 is 0 Å². The number of rotatable bonds is 4. The molecule has 0 aromatic heterocycles. The van der Waals surface area contributed by atoms with Gasteiger partial charge in [-0.1, -0.05) is 48.5 Å². The summed E-state index contributed by atoms with van der Waals surface area (Å²) < 4.78 is 32.6. The fourth-order valence-electron chi connectivity index (χ4n) is 2.70. The van der Waals surface area contributed by atoms with E-state index in [1.54, 1.807) is 24.3 Å². The van der Waals surface area contributed by atoms with E-state index >= 15 is 0 Å². The van der Waals surface area contributed by atoms with Gasteiger partial charge in [0.25, 0.3) is 0 Å². The third kappa shape index (κ3) is 3.19. The average molecular weight is 346 g/mol. The third-order valence-corrected chi connectivity index (χ3v) is 5.86. The minimum atomic E-state index is -3.76. The number of ether oxygens (including phenoxy) is 1. The van der Waals surface area contributed by atoms with E-state index in [9.17, 15) is 13.2 Å². The first-order valence-electron chi connectivity index (χ1n) is 7.55. The Morgan fingerprint density at radius 2 is 1.75 bits per heavy atom. The lowest BCUT2D eigenvalue weighted by Gasteiger charge is -2.31. The standard InChI is InChI=1S/C17H18N2O4S/c18-17(20)15-12-19(10-11-23-15)24(21,22)16-9-5-4-8-14(16)13-6-2-1-3-7-13/h1-9,15H,10-12H2,(H2,18,20)/t15-/m0/s1. The average Bonchev–Trinajstić information content (AvgIpc) is 2.62. The molecule has 1 aliphatic rings. The summed E-state index contributed by atoms with van der Waals surface area (Å²) in [6.07, 6.45) is -0.919. The molecular weight excluding hydrogens is 328 g/mol. The summed E-state index contributed by atoms with van der Waals surface area (Å²) in [4.78, 5) is 11.5. The van der Waals surface area contributed by atoms with Crippen LogP contribution in [0.5, 0.6) is 0 Å². The molecule has 0 bridgehead atoms. The summed E-state index contributed by atoms with van der Waals surface area (Å²) in [5.74, 6) is -0.661. The van der Waals surface area contributed by atoms with Crippen LogP contribution in [-0.4, -0.2) is 44.4 Å². The smallest absolute Gasteiger partial charge is 0.247 e. The first-order valence-corrected chi connectivity index (χ1v) is 8.99. The molecule has 1 amide bonds. The Balaban J connectivity index is 2.01. The summed E-state index contributed by atoms with van der Waals surface area (Å²) in [5.41, 5.74) is 6.69. The van der Waals surface area contributed by atoms with Crippen molar-refractivity contribution in [2.75, 3.05) is 19.7 Å². The highest BCUT2D eigenvalue weighted by Gasteiger charge is 2.34. The van der Waals surface area contributed by atoms with Gasteiger partial charge in [0, 0.05) is 18.7 Å². The molecule has 0 radical (unpaired) electrons. The summed E-state index contributed by atoms with van der Waals surface area (Å²) in [7, 11) is -3.76. The van der Waals surface area contributed by atoms with Crippen LogP contribution in [0.25, 0.3) is 11.1 Å². The monoisotopic (exact) mass is 346 g/mol. The van der Waals surface area contributed by atoms with Crippen LogP contribution < -0.4 is 5.73 Å². The molecule has 126 valence electrons. The van der Waals surface area contributed by atoms with Crippen molar-refractivity contribution in [2.45, 2.75) is 11.0 Å². The molecular formula is C17H18N2O4S. The van der Waals surface area contributed by atoms with Gasteiger partial charge in [0.05, 0.1) is 11.5 Å². The van der Waals surface area contributed by atoms with E-state index in [1.165, 1.54) is 4.31 Å². The highest BCUT2D eigenvalue weighted by molar-refractivity contribution is 7.89. The molecule has 2 N–H and O–H groups in total. The molecule has 2 aromatic rings. The molecule has 24 heavy (non-hydrogen) atoms. The van der Waals surface area contributed by atoms with Gasteiger partial charge in [-0.3, -0.25) is 4.79 Å². The van der Waals surface area contributed by atoms with Gasteiger partial charge < -0.3 is 10.5 Å². The van der Waals surface area contributed by atoms with Gasteiger partial charge in [0.1, 0.15) is 6.10 Å². The van der Waals surface area contributed by atoms with Crippen molar-refractivity contribution in [3.8, 4) is 11.1 Å². The van der Waals surface area contributed by atoms with Gasteiger partial charge in [-0.05, 0) is 11.6 Å². The molecule has 0 saturated carbocycles. The summed E-state index contributed by atoms with van der Waals surface area (Å²) in [5, 5.41) is 0. The van der Waals surface area contributed by atoms with Crippen LogP contribution >= 0.6 is 0 Å². The molecule has 1 atom stereocenters. The summed E-state index contributed by atoms with van der Waals surface area (Å²) in [6, 6.07) is 16.1. The van der Waals surface area contributed by atoms with Gasteiger partial charge in [-0.15, -0.1) is 0 Å². The van der Waals surface area contributed by atoms with Crippen LogP contribution in [0, 0.1) is 0 Å². The lowest BCUT2D eigenvalue weighted by molar-refractivity contribution is -0.132. The summed E-state index contributed by atoms with van der Waals surface area (Å²) >= 11 is 0. The van der Waals surface area contributed by atoms with Crippen molar-refractivity contribution in [1.29, 1.82) is 0 Å². The zero-order valence-corrected chi connectivity index (χ0v) is 13.8. The highest BCUT2D eigenvalue weighted by Crippen LogP contribution is 2.30. The number of sulfonamides is 1. The Morgan fingerprint density at radius 3 is 2.46 bits per heavy atom. The number of amides is 1. The van der Waals surface area contributed by atoms with Crippen LogP contribution in [-0.2, 0) is 19.6 Å². The minimum absolute atomic E-state index is 0.0687. The van der Waals surface area contributed by atoms with Crippen LogP contribution in [0.3, 0.4) is 0 Å². The van der Waals surface area contributed by atoms with Gasteiger partial charge in [-0.2, -0.15) is 4.31 Å². The van der Waals surface area contributed by atoms with Crippen molar-refractivity contribution < 1.29 is 17.9 Å². The van der Waals surface area contributed by atoms with E-state index in [1.807, 2.05) is 30.3 Å².